The number of aromatic hydroxyl groups is 1. The zero-order valence-electron chi connectivity index (χ0n) is 15.5. The van der Waals surface area contributed by atoms with Crippen molar-refractivity contribution in [2.45, 2.75) is 6.92 Å². The fourth-order valence-corrected chi connectivity index (χ4v) is 3.96. The molecule has 9 heteroatoms. The van der Waals surface area contributed by atoms with Crippen LogP contribution in [-0.2, 0) is 9.53 Å². The first-order valence-corrected chi connectivity index (χ1v) is 10.1. The van der Waals surface area contributed by atoms with E-state index >= 15 is 0 Å². The van der Waals surface area contributed by atoms with E-state index in [4.69, 9.17) is 27.9 Å². The first kappa shape index (κ1) is 21.2. The van der Waals surface area contributed by atoms with Crippen LogP contribution in [0, 0.1) is 0 Å². The van der Waals surface area contributed by atoms with Crippen LogP contribution in [0.15, 0.2) is 46.3 Å². The minimum absolute atomic E-state index is 0.101. The number of thioether (sulfide) groups is 1. The van der Waals surface area contributed by atoms with Gasteiger partial charge in [-0.05, 0) is 66.7 Å². The van der Waals surface area contributed by atoms with Crippen molar-refractivity contribution in [1.29, 1.82) is 0 Å². The standard InChI is InChI=1S/C20H16Cl2N2O4S/c1-3-28-19(27)12-4-6-13(7-5-12)23-20-24(2)18(26)16(29-20)10-11-8-14(21)17(25)15(22)9-11/h4-10,25H,3H2,1-2H3. The lowest BCUT2D eigenvalue weighted by atomic mass is 10.2. The smallest absolute Gasteiger partial charge is 0.338 e. The molecule has 1 aliphatic rings. The van der Waals surface area contributed by atoms with Gasteiger partial charge >= 0.3 is 5.97 Å². The molecule has 1 heterocycles. The molecule has 6 nitrogen and oxygen atoms in total. The number of benzene rings is 2. The summed E-state index contributed by atoms with van der Waals surface area (Å²) in [5.41, 5.74) is 1.61. The number of carbonyl (C=O) groups is 2. The Hall–Kier alpha value is -2.48. The number of hydrogen-bond donors (Lipinski definition) is 1. The number of esters is 1. The highest BCUT2D eigenvalue weighted by Gasteiger charge is 2.30. The normalized spacial score (nSPS) is 16.7. The molecule has 3 rings (SSSR count). The number of phenols is 1. The molecule has 0 atom stereocenters. The number of amidine groups is 1. The third kappa shape index (κ3) is 4.75. The summed E-state index contributed by atoms with van der Waals surface area (Å²) >= 11 is 13.1. The maximum atomic E-state index is 12.5. The number of carbonyl (C=O) groups excluding carboxylic acids is 2. The molecule has 150 valence electrons. The average molecular weight is 451 g/mol. The monoisotopic (exact) mass is 450 g/mol. The van der Waals surface area contributed by atoms with E-state index in [1.54, 1.807) is 44.3 Å². The lowest BCUT2D eigenvalue weighted by Gasteiger charge is -2.07. The highest BCUT2D eigenvalue weighted by molar-refractivity contribution is 8.18. The minimum atomic E-state index is -0.398. The van der Waals surface area contributed by atoms with E-state index in [9.17, 15) is 14.7 Å². The molecule has 29 heavy (non-hydrogen) atoms. The quantitative estimate of drug-likeness (QED) is 0.516. The lowest BCUT2D eigenvalue weighted by molar-refractivity contribution is -0.121. The molecule has 0 radical (unpaired) electrons. The largest absolute Gasteiger partial charge is 0.505 e. The molecule has 1 N–H and O–H groups in total. The minimum Gasteiger partial charge on any atom is -0.505 e. The number of halogens is 2. The fraction of sp³-hybridized carbons (Fsp3) is 0.150. The highest BCUT2D eigenvalue weighted by atomic mass is 35.5. The molecule has 2 aromatic carbocycles. The molecule has 0 unspecified atom stereocenters. The summed E-state index contributed by atoms with van der Waals surface area (Å²) in [6.07, 6.45) is 1.63. The van der Waals surface area contributed by atoms with Gasteiger partial charge < -0.3 is 9.84 Å². The van der Waals surface area contributed by atoms with Gasteiger partial charge in [0.15, 0.2) is 10.9 Å². The van der Waals surface area contributed by atoms with Gasteiger partial charge in [0.25, 0.3) is 5.91 Å². The fourth-order valence-electron chi connectivity index (χ4n) is 2.47. The van der Waals surface area contributed by atoms with Gasteiger partial charge in [-0.2, -0.15) is 0 Å². The van der Waals surface area contributed by atoms with Crippen LogP contribution in [0.4, 0.5) is 5.69 Å². The van der Waals surface area contributed by atoms with E-state index in [2.05, 4.69) is 4.99 Å². The summed E-state index contributed by atoms with van der Waals surface area (Å²) in [7, 11) is 1.62. The van der Waals surface area contributed by atoms with Gasteiger partial charge in [-0.15, -0.1) is 0 Å². The number of phenolic OH excluding ortho intramolecular Hbond substituents is 1. The van der Waals surface area contributed by atoms with Crippen molar-refractivity contribution in [3.8, 4) is 5.75 Å². The topological polar surface area (TPSA) is 79.2 Å². The molecule has 0 aromatic heterocycles. The summed E-state index contributed by atoms with van der Waals surface area (Å²) in [4.78, 5) is 30.6. The Morgan fingerprint density at radius 1 is 1.24 bits per heavy atom. The Balaban J connectivity index is 1.84. The number of likely N-dealkylation sites (N-methyl/N-ethyl adjacent to an activating group) is 1. The van der Waals surface area contributed by atoms with Gasteiger partial charge in [0.1, 0.15) is 0 Å². The van der Waals surface area contributed by atoms with Crippen LogP contribution >= 0.6 is 35.0 Å². The molecule has 1 aliphatic heterocycles. The van der Waals surface area contributed by atoms with Gasteiger partial charge in [-0.1, -0.05) is 23.2 Å². The van der Waals surface area contributed by atoms with Crippen LogP contribution in [0.25, 0.3) is 6.08 Å². The van der Waals surface area contributed by atoms with Gasteiger partial charge in [0.05, 0.1) is 32.8 Å². The van der Waals surface area contributed by atoms with Crippen molar-refractivity contribution in [2.75, 3.05) is 13.7 Å². The Labute approximate surface area is 181 Å². The molecule has 0 saturated carbocycles. The average Bonchev–Trinajstić information content (AvgIpc) is 2.94. The van der Waals surface area contributed by atoms with Crippen molar-refractivity contribution in [2.24, 2.45) is 4.99 Å². The van der Waals surface area contributed by atoms with Gasteiger partial charge in [0.2, 0.25) is 0 Å². The molecule has 2 aromatic rings. The zero-order valence-corrected chi connectivity index (χ0v) is 17.8. The van der Waals surface area contributed by atoms with Gasteiger partial charge in [-0.3, -0.25) is 9.69 Å². The molecule has 0 bridgehead atoms. The van der Waals surface area contributed by atoms with Crippen LogP contribution in [-0.4, -0.2) is 40.7 Å². The van der Waals surface area contributed by atoms with Crippen molar-refractivity contribution >= 4 is 63.8 Å². The van der Waals surface area contributed by atoms with Gasteiger partial charge in [0, 0.05) is 7.05 Å². The predicted octanol–water partition coefficient (Wildman–Crippen LogP) is 5.11. The number of hydrogen-bond acceptors (Lipinski definition) is 6. The van der Waals surface area contributed by atoms with Crippen LogP contribution in [0.3, 0.4) is 0 Å². The molecular weight excluding hydrogens is 435 g/mol. The zero-order chi connectivity index (χ0) is 21.1. The highest BCUT2D eigenvalue weighted by Crippen LogP contribution is 2.36. The van der Waals surface area contributed by atoms with Crippen molar-refractivity contribution < 1.29 is 19.4 Å². The molecule has 0 aliphatic carbocycles. The molecule has 1 saturated heterocycles. The van der Waals surface area contributed by atoms with E-state index in [1.807, 2.05) is 0 Å². The second-order valence-electron chi connectivity index (χ2n) is 5.97. The van der Waals surface area contributed by atoms with E-state index in [1.165, 1.54) is 28.8 Å². The van der Waals surface area contributed by atoms with E-state index in [0.29, 0.717) is 33.5 Å². The second kappa shape index (κ2) is 8.90. The maximum Gasteiger partial charge on any atom is 0.338 e. The summed E-state index contributed by atoms with van der Waals surface area (Å²) in [6.45, 7) is 2.05. The number of nitrogens with zero attached hydrogens (tertiary/aromatic N) is 2. The number of rotatable bonds is 4. The van der Waals surface area contributed by atoms with E-state index in [0.717, 1.165) is 0 Å². The van der Waals surface area contributed by atoms with Crippen LogP contribution in [0.2, 0.25) is 10.0 Å². The molecule has 0 spiro atoms. The summed E-state index contributed by atoms with van der Waals surface area (Å²) < 4.78 is 4.95. The summed E-state index contributed by atoms with van der Waals surface area (Å²) in [5.74, 6) is -0.825. The van der Waals surface area contributed by atoms with Crippen LogP contribution < -0.4 is 0 Å². The Bertz CT molecular complexity index is 1010. The lowest BCUT2D eigenvalue weighted by Crippen LogP contribution is -2.23. The number of aliphatic imine (C=N–C) groups is 1. The summed E-state index contributed by atoms with van der Waals surface area (Å²) in [5, 5.41) is 10.4. The SMILES string of the molecule is CCOC(=O)c1ccc(N=C2SC(=Cc3cc(Cl)c(O)c(Cl)c3)C(=O)N2C)cc1. The number of ether oxygens (including phenoxy) is 1. The van der Waals surface area contributed by atoms with Gasteiger partial charge in [-0.25, -0.2) is 9.79 Å². The Morgan fingerprint density at radius 2 is 1.86 bits per heavy atom. The maximum absolute atomic E-state index is 12.5. The predicted molar refractivity (Wildman–Crippen MR) is 116 cm³/mol. The van der Waals surface area contributed by atoms with Crippen molar-refractivity contribution in [3.05, 3.63) is 62.5 Å². The Morgan fingerprint density at radius 3 is 2.45 bits per heavy atom. The Kier molecular flexibility index (Phi) is 6.52. The van der Waals surface area contributed by atoms with Crippen molar-refractivity contribution in [3.63, 3.8) is 0 Å². The first-order chi connectivity index (χ1) is 13.8. The van der Waals surface area contributed by atoms with Crippen LogP contribution in [0.1, 0.15) is 22.8 Å². The number of amides is 1. The third-order valence-corrected chi connectivity index (χ3v) is 5.58. The van der Waals surface area contributed by atoms with Crippen molar-refractivity contribution in [1.82, 2.24) is 4.90 Å². The second-order valence-corrected chi connectivity index (χ2v) is 7.79. The molecule has 1 amide bonds. The molecular formula is C20H16Cl2N2O4S. The summed E-state index contributed by atoms with van der Waals surface area (Å²) in [6, 6.07) is 9.64. The molecule has 1 fully saturated rings. The van der Waals surface area contributed by atoms with Crippen LogP contribution in [0.5, 0.6) is 5.75 Å². The van der Waals surface area contributed by atoms with E-state index in [-0.39, 0.29) is 21.7 Å². The third-order valence-electron chi connectivity index (χ3n) is 3.94. The first-order valence-electron chi connectivity index (χ1n) is 8.51. The van der Waals surface area contributed by atoms with E-state index < -0.39 is 5.97 Å².